The van der Waals surface area contributed by atoms with Crippen LogP contribution in [0.3, 0.4) is 0 Å². The molecule has 0 saturated carbocycles. The molecular formula is C19H23N3O3S. The molecule has 0 atom stereocenters. The van der Waals surface area contributed by atoms with Gasteiger partial charge in [-0.05, 0) is 17.8 Å². The summed E-state index contributed by atoms with van der Waals surface area (Å²) in [7, 11) is 6.54. The van der Waals surface area contributed by atoms with Crippen LogP contribution in [0.5, 0.6) is 17.2 Å². The number of hydrazone groups is 1. The molecular weight excluding hydrogens is 350 g/mol. The fourth-order valence-electron chi connectivity index (χ4n) is 2.24. The molecule has 0 aliphatic carbocycles. The van der Waals surface area contributed by atoms with E-state index in [0.717, 1.165) is 5.56 Å². The molecule has 0 heterocycles. The minimum absolute atomic E-state index is 0.511. The molecule has 0 aromatic heterocycles. The summed E-state index contributed by atoms with van der Waals surface area (Å²) in [6.45, 7) is 0.634. The summed E-state index contributed by atoms with van der Waals surface area (Å²) in [5.74, 6) is 1.84. The first-order valence-electron chi connectivity index (χ1n) is 7.98. The summed E-state index contributed by atoms with van der Waals surface area (Å²) in [6, 6.07) is 13.6. The Kier molecular flexibility index (Phi) is 7.23. The minimum Gasteiger partial charge on any atom is -0.496 e. The Labute approximate surface area is 159 Å². The molecule has 0 aliphatic rings. The highest BCUT2D eigenvalue weighted by molar-refractivity contribution is 7.80. The molecule has 138 valence electrons. The van der Waals surface area contributed by atoms with Gasteiger partial charge in [-0.25, -0.2) is 5.01 Å². The monoisotopic (exact) mass is 373 g/mol. The normalized spacial score (nSPS) is 10.5. The summed E-state index contributed by atoms with van der Waals surface area (Å²) < 4.78 is 16.1. The van der Waals surface area contributed by atoms with Crippen molar-refractivity contribution in [2.75, 3.05) is 28.4 Å². The van der Waals surface area contributed by atoms with Crippen molar-refractivity contribution in [3.63, 3.8) is 0 Å². The van der Waals surface area contributed by atoms with Gasteiger partial charge in [0, 0.05) is 25.7 Å². The molecule has 0 fully saturated rings. The Morgan fingerprint density at radius 2 is 1.69 bits per heavy atom. The van der Waals surface area contributed by atoms with Crippen LogP contribution < -0.4 is 19.5 Å². The van der Waals surface area contributed by atoms with Crippen molar-refractivity contribution in [3.05, 3.63) is 53.6 Å². The Morgan fingerprint density at radius 3 is 2.23 bits per heavy atom. The van der Waals surface area contributed by atoms with E-state index in [2.05, 4.69) is 10.4 Å². The summed E-state index contributed by atoms with van der Waals surface area (Å²) >= 11 is 5.37. The minimum atomic E-state index is 0.511. The highest BCUT2D eigenvalue weighted by Gasteiger charge is 2.12. The molecule has 0 aliphatic heterocycles. The van der Waals surface area contributed by atoms with Crippen molar-refractivity contribution in [2.45, 2.75) is 6.54 Å². The van der Waals surface area contributed by atoms with Gasteiger partial charge < -0.3 is 19.5 Å². The first-order chi connectivity index (χ1) is 12.6. The highest BCUT2D eigenvalue weighted by Crippen LogP contribution is 2.32. The summed E-state index contributed by atoms with van der Waals surface area (Å²) in [5, 5.41) is 9.65. The molecule has 0 saturated heterocycles. The van der Waals surface area contributed by atoms with E-state index < -0.39 is 0 Å². The summed E-state index contributed by atoms with van der Waals surface area (Å²) in [5.41, 5.74) is 1.85. The lowest BCUT2D eigenvalue weighted by atomic mass is 10.2. The van der Waals surface area contributed by atoms with E-state index in [9.17, 15) is 0 Å². The van der Waals surface area contributed by atoms with Crippen LogP contribution in [0.1, 0.15) is 11.1 Å². The Morgan fingerprint density at radius 1 is 1.08 bits per heavy atom. The standard InChI is InChI=1S/C19H23N3O3S/c1-22(19(26)20-12-14-8-6-5-7-9-14)21-13-16-17(24-3)10-15(23-2)11-18(16)25-4/h5-11,13H,12H2,1-4H3,(H,20,26)/b21-13-. The van der Waals surface area contributed by atoms with Gasteiger partial charge >= 0.3 is 0 Å². The van der Waals surface area contributed by atoms with Gasteiger partial charge in [0.05, 0.1) is 33.1 Å². The van der Waals surface area contributed by atoms with Gasteiger partial charge in [0.1, 0.15) is 17.2 Å². The smallest absolute Gasteiger partial charge is 0.189 e. The zero-order chi connectivity index (χ0) is 18.9. The van der Waals surface area contributed by atoms with E-state index in [1.165, 1.54) is 0 Å². The first kappa shape index (κ1) is 19.5. The second kappa shape index (κ2) is 9.62. The molecule has 0 spiro atoms. The Bertz CT molecular complexity index is 741. The molecule has 6 nitrogen and oxygen atoms in total. The van der Waals surface area contributed by atoms with E-state index in [1.807, 2.05) is 30.3 Å². The van der Waals surface area contributed by atoms with Gasteiger partial charge in [-0.1, -0.05) is 30.3 Å². The third-order valence-electron chi connectivity index (χ3n) is 3.69. The molecule has 0 amide bonds. The lowest BCUT2D eigenvalue weighted by Crippen LogP contribution is -2.33. The quantitative estimate of drug-likeness (QED) is 0.457. The number of ether oxygens (including phenoxy) is 3. The summed E-state index contributed by atoms with van der Waals surface area (Å²) in [4.78, 5) is 0. The number of rotatable bonds is 7. The van der Waals surface area contributed by atoms with E-state index in [-0.39, 0.29) is 0 Å². The molecule has 0 unspecified atom stereocenters. The number of nitrogens with zero attached hydrogens (tertiary/aromatic N) is 2. The maximum absolute atomic E-state index is 5.41. The van der Waals surface area contributed by atoms with Crippen molar-refractivity contribution in [2.24, 2.45) is 5.10 Å². The van der Waals surface area contributed by atoms with Gasteiger partial charge in [0.15, 0.2) is 5.11 Å². The summed E-state index contributed by atoms with van der Waals surface area (Å²) in [6.07, 6.45) is 1.65. The van der Waals surface area contributed by atoms with E-state index in [0.29, 0.717) is 34.5 Å². The lowest BCUT2D eigenvalue weighted by Gasteiger charge is -2.17. The van der Waals surface area contributed by atoms with Crippen molar-refractivity contribution in [3.8, 4) is 17.2 Å². The van der Waals surface area contributed by atoms with Crippen LogP contribution in [-0.4, -0.2) is 44.7 Å². The van der Waals surface area contributed by atoms with Crippen LogP contribution in [-0.2, 0) is 6.54 Å². The molecule has 2 aromatic rings. The van der Waals surface area contributed by atoms with Crippen molar-refractivity contribution in [1.29, 1.82) is 0 Å². The zero-order valence-corrected chi connectivity index (χ0v) is 16.2. The van der Waals surface area contributed by atoms with Gasteiger partial charge in [-0.15, -0.1) is 0 Å². The van der Waals surface area contributed by atoms with Crippen LogP contribution >= 0.6 is 12.2 Å². The predicted molar refractivity (Wildman–Crippen MR) is 107 cm³/mol. The number of nitrogens with one attached hydrogen (secondary N) is 1. The van der Waals surface area contributed by atoms with Crippen LogP contribution in [0.4, 0.5) is 0 Å². The van der Waals surface area contributed by atoms with Crippen molar-refractivity contribution in [1.82, 2.24) is 10.3 Å². The van der Waals surface area contributed by atoms with Gasteiger partial charge in [-0.2, -0.15) is 5.10 Å². The molecule has 2 rings (SSSR count). The van der Waals surface area contributed by atoms with Gasteiger partial charge in [-0.3, -0.25) is 0 Å². The molecule has 26 heavy (non-hydrogen) atoms. The van der Waals surface area contributed by atoms with E-state index in [4.69, 9.17) is 26.4 Å². The molecule has 0 bridgehead atoms. The number of thiocarbonyl (C=S) groups is 1. The molecule has 2 aromatic carbocycles. The topological polar surface area (TPSA) is 55.3 Å². The Balaban J connectivity index is 2.09. The highest BCUT2D eigenvalue weighted by atomic mass is 32.1. The fraction of sp³-hybridized carbons (Fsp3) is 0.263. The van der Waals surface area contributed by atoms with E-state index >= 15 is 0 Å². The largest absolute Gasteiger partial charge is 0.496 e. The van der Waals surface area contributed by atoms with Crippen molar-refractivity contribution < 1.29 is 14.2 Å². The number of hydrogen-bond donors (Lipinski definition) is 1. The number of hydrogen-bond acceptors (Lipinski definition) is 5. The average Bonchev–Trinajstić information content (AvgIpc) is 2.70. The second-order valence-electron chi connectivity index (χ2n) is 5.36. The maximum atomic E-state index is 5.41. The predicted octanol–water partition coefficient (Wildman–Crippen LogP) is 3.05. The molecule has 0 radical (unpaired) electrons. The third kappa shape index (κ3) is 5.10. The molecule has 1 N–H and O–H groups in total. The van der Waals surface area contributed by atoms with Crippen molar-refractivity contribution >= 4 is 23.5 Å². The van der Waals surface area contributed by atoms with Crippen LogP contribution in [0.15, 0.2) is 47.6 Å². The van der Waals surface area contributed by atoms with Gasteiger partial charge in [0.25, 0.3) is 0 Å². The average molecular weight is 373 g/mol. The number of benzene rings is 2. The third-order valence-corrected chi connectivity index (χ3v) is 4.10. The maximum Gasteiger partial charge on any atom is 0.189 e. The lowest BCUT2D eigenvalue weighted by molar-refractivity contribution is 0.374. The van der Waals surface area contributed by atoms with Gasteiger partial charge in [0.2, 0.25) is 0 Å². The van der Waals surface area contributed by atoms with Crippen LogP contribution in [0.25, 0.3) is 0 Å². The second-order valence-corrected chi connectivity index (χ2v) is 5.74. The first-order valence-corrected chi connectivity index (χ1v) is 8.39. The zero-order valence-electron chi connectivity index (χ0n) is 15.4. The SMILES string of the molecule is COc1cc(OC)c(/C=N\N(C)C(=S)NCc2ccccc2)c(OC)c1. The fourth-order valence-corrected chi connectivity index (χ4v) is 2.36. The van der Waals surface area contributed by atoms with E-state index in [1.54, 1.807) is 51.7 Å². The molecule has 7 heteroatoms. The number of methoxy groups -OCH3 is 3. The van der Waals surface area contributed by atoms with Crippen LogP contribution in [0.2, 0.25) is 0 Å². The Hall–Kier alpha value is -2.80. The van der Waals surface area contributed by atoms with Crippen LogP contribution in [0, 0.1) is 0 Å².